The molecule has 1 fully saturated rings. The first-order chi connectivity index (χ1) is 13.3. The molecular formula is C18H22N4O4S2. The van der Waals surface area contributed by atoms with Crippen LogP contribution in [0.1, 0.15) is 52.7 Å². The summed E-state index contributed by atoms with van der Waals surface area (Å²) in [4.78, 5) is 34.9. The molecule has 2 aromatic heterocycles. The molecule has 1 atom stereocenters. The van der Waals surface area contributed by atoms with E-state index in [0.717, 1.165) is 25.5 Å². The number of thiophene rings is 1. The Kier molecular flexibility index (Phi) is 5.11. The number of sulfonamides is 1. The van der Waals surface area contributed by atoms with Gasteiger partial charge in [0.1, 0.15) is 5.82 Å². The lowest BCUT2D eigenvalue weighted by molar-refractivity contribution is 0.0599. The minimum absolute atomic E-state index is 0.0407. The lowest BCUT2D eigenvalue weighted by Crippen LogP contribution is -2.42. The molecule has 1 amide bonds. The molecule has 2 aromatic rings. The van der Waals surface area contributed by atoms with Crippen molar-refractivity contribution in [3.8, 4) is 0 Å². The molecule has 4 heterocycles. The van der Waals surface area contributed by atoms with E-state index in [1.807, 2.05) is 16.8 Å². The molecule has 8 nitrogen and oxygen atoms in total. The fourth-order valence-electron chi connectivity index (χ4n) is 3.87. The van der Waals surface area contributed by atoms with Crippen LogP contribution in [0.15, 0.2) is 21.6 Å². The zero-order valence-electron chi connectivity index (χ0n) is 15.6. The van der Waals surface area contributed by atoms with Gasteiger partial charge in [0.05, 0.1) is 29.1 Å². The molecular weight excluding hydrogens is 400 g/mol. The number of piperidine rings is 1. The van der Waals surface area contributed by atoms with Crippen molar-refractivity contribution in [1.29, 1.82) is 0 Å². The Hall–Kier alpha value is -2.04. The topological polar surface area (TPSA) is 103 Å². The van der Waals surface area contributed by atoms with Gasteiger partial charge in [-0.2, -0.15) is 15.6 Å². The summed E-state index contributed by atoms with van der Waals surface area (Å²) in [5.74, 6) is 0.453. The molecule has 0 aromatic carbocycles. The maximum absolute atomic E-state index is 12.9. The number of nitrogens with one attached hydrogen (secondary N) is 1. The van der Waals surface area contributed by atoms with Crippen LogP contribution in [0.5, 0.6) is 0 Å². The Labute approximate surface area is 167 Å². The summed E-state index contributed by atoms with van der Waals surface area (Å²) in [6.45, 7) is 0.977. The van der Waals surface area contributed by atoms with Gasteiger partial charge in [0.2, 0.25) is 10.0 Å². The first-order valence-electron chi connectivity index (χ1n) is 9.25. The Morgan fingerprint density at radius 2 is 2.14 bits per heavy atom. The molecule has 1 N–H and O–H groups in total. The van der Waals surface area contributed by atoms with E-state index in [2.05, 4.69) is 9.97 Å². The number of hydrogen-bond donors (Lipinski definition) is 1. The van der Waals surface area contributed by atoms with Gasteiger partial charge in [-0.1, -0.05) is 0 Å². The van der Waals surface area contributed by atoms with Crippen molar-refractivity contribution in [2.45, 2.75) is 38.3 Å². The zero-order valence-corrected chi connectivity index (χ0v) is 17.2. The van der Waals surface area contributed by atoms with Crippen molar-refractivity contribution in [3.63, 3.8) is 0 Å². The van der Waals surface area contributed by atoms with E-state index in [9.17, 15) is 18.0 Å². The minimum Gasteiger partial charge on any atom is -0.328 e. The van der Waals surface area contributed by atoms with Crippen LogP contribution >= 0.6 is 11.3 Å². The summed E-state index contributed by atoms with van der Waals surface area (Å²) in [6.07, 6.45) is 4.16. The van der Waals surface area contributed by atoms with Gasteiger partial charge in [-0.05, 0) is 30.7 Å². The maximum Gasteiger partial charge on any atom is 0.255 e. The number of hydrogen-bond acceptors (Lipinski definition) is 6. The largest absolute Gasteiger partial charge is 0.328 e. The predicted octanol–water partition coefficient (Wildman–Crippen LogP) is 1.52. The Balaban J connectivity index is 1.66. The van der Waals surface area contributed by atoms with Crippen molar-refractivity contribution in [2.75, 3.05) is 19.3 Å². The summed E-state index contributed by atoms with van der Waals surface area (Å²) in [6, 6.07) is 1.54. The highest BCUT2D eigenvalue weighted by atomic mass is 32.2. The van der Waals surface area contributed by atoms with E-state index >= 15 is 0 Å². The van der Waals surface area contributed by atoms with Crippen molar-refractivity contribution >= 4 is 27.3 Å². The smallest absolute Gasteiger partial charge is 0.255 e. The minimum atomic E-state index is -3.36. The molecule has 10 heteroatoms. The molecule has 0 spiro atoms. The number of likely N-dealkylation sites (tertiary alicyclic amines) is 1. The summed E-state index contributed by atoms with van der Waals surface area (Å²) in [5.41, 5.74) is 1.36. The monoisotopic (exact) mass is 422 g/mol. The quantitative estimate of drug-likeness (QED) is 0.808. The lowest BCUT2D eigenvalue weighted by Gasteiger charge is -2.35. The first kappa shape index (κ1) is 19.3. The standard InChI is InChI=1S/C18H22N4O4S2/c1-28(25,26)21-8-5-14-13(10-21)17(23)20-16(19-14)15-4-2-3-7-22(15)18(24)12-6-9-27-11-12/h6,9,11,15H,2-5,7-8,10H2,1H3,(H,19,20,23)/t15-/m1/s1. The van der Waals surface area contributed by atoms with Gasteiger partial charge in [0.15, 0.2) is 0 Å². The Morgan fingerprint density at radius 1 is 1.32 bits per heavy atom. The highest BCUT2D eigenvalue weighted by Gasteiger charge is 2.33. The molecule has 0 radical (unpaired) electrons. The third-order valence-corrected chi connectivity index (χ3v) is 7.30. The number of amides is 1. The van der Waals surface area contributed by atoms with Gasteiger partial charge in [-0.15, -0.1) is 0 Å². The van der Waals surface area contributed by atoms with Gasteiger partial charge in [-0.3, -0.25) is 9.59 Å². The second-order valence-electron chi connectivity index (χ2n) is 7.25. The van der Waals surface area contributed by atoms with E-state index < -0.39 is 10.0 Å². The average molecular weight is 423 g/mol. The normalized spacial score (nSPS) is 20.8. The molecule has 28 heavy (non-hydrogen) atoms. The van der Waals surface area contributed by atoms with Crippen LogP contribution in [0.4, 0.5) is 0 Å². The summed E-state index contributed by atoms with van der Waals surface area (Å²) in [5, 5.41) is 3.70. The third-order valence-electron chi connectivity index (χ3n) is 5.37. The first-order valence-corrected chi connectivity index (χ1v) is 12.0. The number of nitrogens with zero attached hydrogens (tertiary/aromatic N) is 3. The van der Waals surface area contributed by atoms with Gasteiger partial charge < -0.3 is 9.88 Å². The molecule has 4 rings (SSSR count). The number of carbonyl (C=O) groups excluding carboxylic acids is 1. The molecule has 0 saturated carbocycles. The van der Waals surface area contributed by atoms with E-state index in [0.29, 0.717) is 42.2 Å². The highest BCUT2D eigenvalue weighted by molar-refractivity contribution is 7.88. The maximum atomic E-state index is 12.9. The zero-order chi connectivity index (χ0) is 19.9. The molecule has 150 valence electrons. The Morgan fingerprint density at radius 3 is 2.86 bits per heavy atom. The number of rotatable bonds is 3. The summed E-state index contributed by atoms with van der Waals surface area (Å²) >= 11 is 1.48. The highest BCUT2D eigenvalue weighted by Crippen LogP contribution is 2.31. The second-order valence-corrected chi connectivity index (χ2v) is 10.0. The van der Waals surface area contributed by atoms with Crippen LogP contribution in [0, 0.1) is 0 Å². The molecule has 0 unspecified atom stereocenters. The van der Waals surface area contributed by atoms with E-state index in [1.54, 1.807) is 4.90 Å². The Bertz CT molecular complexity index is 1050. The second kappa shape index (κ2) is 7.41. The van der Waals surface area contributed by atoms with Crippen molar-refractivity contribution in [3.05, 3.63) is 49.8 Å². The van der Waals surface area contributed by atoms with Crippen LogP contribution < -0.4 is 5.56 Å². The van der Waals surface area contributed by atoms with Crippen LogP contribution in [-0.4, -0.2) is 52.8 Å². The van der Waals surface area contributed by atoms with Crippen LogP contribution in [0.2, 0.25) is 0 Å². The molecule has 2 aliphatic rings. The number of aromatic amines is 1. The SMILES string of the molecule is CS(=O)(=O)N1CCc2nc([C@H]3CCCCN3C(=O)c3ccsc3)[nH]c(=O)c2C1. The molecule has 0 bridgehead atoms. The molecule has 0 aliphatic carbocycles. The third kappa shape index (κ3) is 3.63. The summed E-state index contributed by atoms with van der Waals surface area (Å²) < 4.78 is 24.9. The van der Waals surface area contributed by atoms with Crippen LogP contribution in [0.25, 0.3) is 0 Å². The van der Waals surface area contributed by atoms with Crippen molar-refractivity contribution < 1.29 is 13.2 Å². The lowest BCUT2D eigenvalue weighted by atomic mass is 9.99. The van der Waals surface area contributed by atoms with Crippen molar-refractivity contribution in [2.24, 2.45) is 0 Å². The van der Waals surface area contributed by atoms with E-state index in [1.165, 1.54) is 15.6 Å². The number of H-pyrrole nitrogens is 1. The fourth-order valence-corrected chi connectivity index (χ4v) is 5.29. The van der Waals surface area contributed by atoms with Gasteiger partial charge in [0.25, 0.3) is 11.5 Å². The number of aromatic nitrogens is 2. The summed E-state index contributed by atoms with van der Waals surface area (Å²) in [7, 11) is -3.36. The van der Waals surface area contributed by atoms with Gasteiger partial charge in [0, 0.05) is 31.4 Å². The van der Waals surface area contributed by atoms with Crippen LogP contribution in [-0.2, 0) is 23.0 Å². The van der Waals surface area contributed by atoms with Crippen molar-refractivity contribution in [1.82, 2.24) is 19.2 Å². The fraction of sp³-hybridized carbons (Fsp3) is 0.500. The van der Waals surface area contributed by atoms with Gasteiger partial charge >= 0.3 is 0 Å². The number of fused-ring (bicyclic) bond motifs is 1. The van der Waals surface area contributed by atoms with E-state index in [4.69, 9.17) is 0 Å². The number of carbonyl (C=O) groups is 1. The van der Waals surface area contributed by atoms with Crippen LogP contribution in [0.3, 0.4) is 0 Å². The average Bonchev–Trinajstić information content (AvgIpc) is 3.21. The van der Waals surface area contributed by atoms with Gasteiger partial charge in [-0.25, -0.2) is 13.4 Å². The molecule has 2 aliphatic heterocycles. The van der Waals surface area contributed by atoms with E-state index in [-0.39, 0.29) is 24.1 Å². The molecule has 1 saturated heterocycles. The predicted molar refractivity (Wildman–Crippen MR) is 106 cm³/mol.